The van der Waals surface area contributed by atoms with Gasteiger partial charge < -0.3 is 5.73 Å². The normalized spacial score (nSPS) is 17.8. The van der Waals surface area contributed by atoms with Crippen molar-refractivity contribution < 1.29 is 8.42 Å². The highest BCUT2D eigenvalue weighted by Gasteiger charge is 2.36. The molecule has 4 nitrogen and oxygen atoms in total. The van der Waals surface area contributed by atoms with Crippen molar-refractivity contribution in [3.05, 3.63) is 29.3 Å². The van der Waals surface area contributed by atoms with Crippen LogP contribution in [0, 0.1) is 6.92 Å². The fourth-order valence-corrected chi connectivity index (χ4v) is 4.11. The number of benzene rings is 1. The SMILES string of the molecule is Cc1cc(C(N)=S)ccc1S(=O)(=O)NC1(C)CCC1. The zero-order valence-electron chi connectivity index (χ0n) is 11.1. The largest absolute Gasteiger partial charge is 0.389 e. The van der Waals surface area contributed by atoms with Crippen LogP contribution in [0.15, 0.2) is 23.1 Å². The molecule has 1 aliphatic rings. The van der Waals surface area contributed by atoms with Gasteiger partial charge >= 0.3 is 0 Å². The number of aryl methyl sites for hydroxylation is 1. The predicted octanol–water partition coefficient (Wildman–Crippen LogP) is 1.85. The summed E-state index contributed by atoms with van der Waals surface area (Å²) in [7, 11) is -3.49. The lowest BCUT2D eigenvalue weighted by Crippen LogP contribution is -2.50. The molecule has 1 aromatic carbocycles. The quantitative estimate of drug-likeness (QED) is 0.832. The molecule has 1 aromatic rings. The summed E-state index contributed by atoms with van der Waals surface area (Å²) in [5.74, 6) is 0. The maximum Gasteiger partial charge on any atom is 0.241 e. The van der Waals surface area contributed by atoms with E-state index in [-0.39, 0.29) is 10.5 Å². The van der Waals surface area contributed by atoms with Crippen molar-refractivity contribution in [2.45, 2.75) is 43.5 Å². The van der Waals surface area contributed by atoms with Crippen molar-refractivity contribution in [3.63, 3.8) is 0 Å². The second kappa shape index (κ2) is 4.85. The first kappa shape index (κ1) is 14.4. The summed E-state index contributed by atoms with van der Waals surface area (Å²) < 4.78 is 27.5. The van der Waals surface area contributed by atoms with E-state index in [4.69, 9.17) is 18.0 Å². The topological polar surface area (TPSA) is 72.2 Å². The Morgan fingerprint density at radius 2 is 2.05 bits per heavy atom. The highest BCUT2D eigenvalue weighted by atomic mass is 32.2. The predicted molar refractivity (Wildman–Crippen MR) is 79.6 cm³/mol. The summed E-state index contributed by atoms with van der Waals surface area (Å²) in [6, 6.07) is 4.92. The van der Waals surface area contributed by atoms with Crippen molar-refractivity contribution in [3.8, 4) is 0 Å². The Hall–Kier alpha value is -0.980. The Morgan fingerprint density at radius 1 is 1.42 bits per heavy atom. The first-order valence-electron chi connectivity index (χ1n) is 6.18. The lowest BCUT2D eigenvalue weighted by molar-refractivity contribution is 0.248. The Morgan fingerprint density at radius 3 is 2.47 bits per heavy atom. The van der Waals surface area contributed by atoms with Crippen LogP contribution < -0.4 is 10.5 Å². The number of rotatable bonds is 4. The molecule has 1 aliphatic carbocycles. The molecule has 0 heterocycles. The van der Waals surface area contributed by atoms with Crippen LogP contribution in [0.4, 0.5) is 0 Å². The molecule has 0 unspecified atom stereocenters. The van der Waals surface area contributed by atoms with E-state index in [9.17, 15) is 8.42 Å². The number of nitrogens with two attached hydrogens (primary N) is 1. The van der Waals surface area contributed by atoms with E-state index in [0.717, 1.165) is 19.3 Å². The minimum atomic E-state index is -3.49. The molecule has 0 radical (unpaired) electrons. The molecule has 2 rings (SSSR count). The Kier molecular flexibility index (Phi) is 3.68. The Balaban J connectivity index is 2.33. The molecular weight excluding hydrogens is 280 g/mol. The van der Waals surface area contributed by atoms with Gasteiger partial charge in [-0.1, -0.05) is 18.3 Å². The zero-order chi connectivity index (χ0) is 14.3. The van der Waals surface area contributed by atoms with Crippen molar-refractivity contribution in [1.82, 2.24) is 4.72 Å². The third-order valence-electron chi connectivity index (χ3n) is 3.59. The minimum Gasteiger partial charge on any atom is -0.389 e. The third-order valence-corrected chi connectivity index (χ3v) is 5.62. The number of hydrogen-bond donors (Lipinski definition) is 2. The van der Waals surface area contributed by atoms with Gasteiger partial charge in [-0.05, 0) is 50.8 Å². The summed E-state index contributed by atoms with van der Waals surface area (Å²) in [4.78, 5) is 0.562. The van der Waals surface area contributed by atoms with Crippen LogP contribution >= 0.6 is 12.2 Å². The molecule has 0 spiro atoms. The van der Waals surface area contributed by atoms with Crippen molar-refractivity contribution in [2.75, 3.05) is 0 Å². The molecule has 0 aliphatic heterocycles. The summed E-state index contributed by atoms with van der Waals surface area (Å²) in [5, 5.41) is 0. The van der Waals surface area contributed by atoms with Crippen LogP contribution in [0.1, 0.15) is 37.3 Å². The van der Waals surface area contributed by atoms with Gasteiger partial charge in [-0.25, -0.2) is 13.1 Å². The average molecular weight is 298 g/mol. The Labute approximate surface area is 119 Å². The van der Waals surface area contributed by atoms with Gasteiger partial charge in [-0.2, -0.15) is 0 Å². The Bertz CT molecular complexity index is 620. The molecule has 104 valence electrons. The van der Waals surface area contributed by atoms with Crippen LogP contribution in [0.2, 0.25) is 0 Å². The van der Waals surface area contributed by atoms with E-state index in [1.807, 2.05) is 6.92 Å². The average Bonchev–Trinajstić information content (AvgIpc) is 2.25. The molecule has 0 saturated heterocycles. The molecule has 19 heavy (non-hydrogen) atoms. The standard InChI is InChI=1S/C13H18N2O2S2/c1-9-8-10(12(14)18)4-5-11(9)19(16,17)15-13(2)6-3-7-13/h4-5,8,15H,3,6-7H2,1-2H3,(H2,14,18). The van der Waals surface area contributed by atoms with E-state index >= 15 is 0 Å². The van der Waals surface area contributed by atoms with Gasteiger partial charge in [-0.3, -0.25) is 0 Å². The zero-order valence-corrected chi connectivity index (χ0v) is 12.7. The molecule has 0 atom stereocenters. The molecule has 1 saturated carbocycles. The maximum atomic E-state index is 12.4. The highest BCUT2D eigenvalue weighted by Crippen LogP contribution is 2.33. The first-order valence-corrected chi connectivity index (χ1v) is 8.07. The number of thiocarbonyl (C=S) groups is 1. The van der Waals surface area contributed by atoms with Gasteiger partial charge in [0.1, 0.15) is 4.99 Å². The lowest BCUT2D eigenvalue weighted by atomic mass is 9.80. The van der Waals surface area contributed by atoms with Gasteiger partial charge in [0.05, 0.1) is 4.90 Å². The van der Waals surface area contributed by atoms with Crippen LogP contribution in [-0.4, -0.2) is 18.9 Å². The van der Waals surface area contributed by atoms with Crippen LogP contribution in [-0.2, 0) is 10.0 Å². The number of nitrogens with one attached hydrogen (secondary N) is 1. The van der Waals surface area contributed by atoms with E-state index in [1.54, 1.807) is 25.1 Å². The van der Waals surface area contributed by atoms with Gasteiger partial charge in [0, 0.05) is 11.1 Å². The molecule has 0 aromatic heterocycles. The van der Waals surface area contributed by atoms with Gasteiger partial charge in [-0.15, -0.1) is 0 Å². The maximum absolute atomic E-state index is 12.4. The van der Waals surface area contributed by atoms with E-state index in [1.165, 1.54) is 0 Å². The van der Waals surface area contributed by atoms with Crippen LogP contribution in [0.3, 0.4) is 0 Å². The molecule has 3 N–H and O–H groups in total. The van der Waals surface area contributed by atoms with Crippen LogP contribution in [0.5, 0.6) is 0 Å². The van der Waals surface area contributed by atoms with Gasteiger partial charge in [0.2, 0.25) is 10.0 Å². The number of hydrogen-bond acceptors (Lipinski definition) is 3. The lowest BCUT2D eigenvalue weighted by Gasteiger charge is -2.38. The fourth-order valence-electron chi connectivity index (χ4n) is 2.29. The van der Waals surface area contributed by atoms with Gasteiger partial charge in [0.15, 0.2) is 0 Å². The van der Waals surface area contributed by atoms with Crippen molar-refractivity contribution >= 4 is 27.2 Å². The number of sulfonamides is 1. The van der Waals surface area contributed by atoms with Crippen LogP contribution in [0.25, 0.3) is 0 Å². The summed E-state index contributed by atoms with van der Waals surface area (Å²) >= 11 is 4.89. The smallest absolute Gasteiger partial charge is 0.241 e. The minimum absolute atomic E-state index is 0.269. The highest BCUT2D eigenvalue weighted by molar-refractivity contribution is 7.89. The van der Waals surface area contributed by atoms with E-state index in [0.29, 0.717) is 16.0 Å². The summed E-state index contributed by atoms with van der Waals surface area (Å²) in [6.45, 7) is 3.69. The third kappa shape index (κ3) is 2.96. The van der Waals surface area contributed by atoms with Crippen molar-refractivity contribution in [1.29, 1.82) is 0 Å². The summed E-state index contributed by atoms with van der Waals surface area (Å²) in [5.41, 5.74) is 6.58. The van der Waals surface area contributed by atoms with Crippen molar-refractivity contribution in [2.24, 2.45) is 5.73 Å². The van der Waals surface area contributed by atoms with Gasteiger partial charge in [0.25, 0.3) is 0 Å². The fraction of sp³-hybridized carbons (Fsp3) is 0.462. The summed E-state index contributed by atoms with van der Waals surface area (Å²) in [6.07, 6.45) is 2.84. The molecule has 0 bridgehead atoms. The molecule has 0 amide bonds. The monoisotopic (exact) mass is 298 g/mol. The second-order valence-corrected chi connectivity index (χ2v) is 7.45. The van der Waals surface area contributed by atoms with E-state index in [2.05, 4.69) is 4.72 Å². The molecular formula is C13H18N2O2S2. The second-order valence-electron chi connectivity index (χ2n) is 5.36. The molecule has 1 fully saturated rings. The van der Waals surface area contributed by atoms with E-state index < -0.39 is 10.0 Å². The first-order chi connectivity index (χ1) is 8.73. The molecule has 6 heteroatoms.